The summed E-state index contributed by atoms with van der Waals surface area (Å²) < 4.78 is 19.0. The number of hydrogen-bond acceptors (Lipinski definition) is 4. The molecule has 3 rings (SSSR count). The number of halogens is 1. The maximum Gasteiger partial charge on any atom is 0.295 e. The number of aryl methyl sites for hydroxylation is 1. The highest BCUT2D eigenvalue weighted by molar-refractivity contribution is 6.46. The van der Waals surface area contributed by atoms with Crippen LogP contribution in [0.1, 0.15) is 37.0 Å². The number of hydrogen-bond donors (Lipinski definition) is 2. The number of amides is 1. The number of furan rings is 1. The van der Waals surface area contributed by atoms with E-state index < -0.39 is 23.5 Å². The highest BCUT2D eigenvalue weighted by Crippen LogP contribution is 2.39. The van der Waals surface area contributed by atoms with E-state index in [-0.39, 0.29) is 16.9 Å². The molecule has 1 atom stereocenters. The van der Waals surface area contributed by atoms with E-state index in [0.717, 1.165) is 13.1 Å². The second-order valence-electron chi connectivity index (χ2n) is 7.15. The fourth-order valence-electron chi connectivity index (χ4n) is 3.65. The largest absolute Gasteiger partial charge is 0.507 e. The summed E-state index contributed by atoms with van der Waals surface area (Å²) in [6.07, 6.45) is 0. The van der Waals surface area contributed by atoms with Gasteiger partial charge in [0, 0.05) is 5.56 Å². The van der Waals surface area contributed by atoms with Gasteiger partial charge in [-0.05, 0) is 57.2 Å². The molecule has 1 amide bonds. The molecule has 2 heterocycles. The van der Waals surface area contributed by atoms with E-state index >= 15 is 0 Å². The molecule has 0 aliphatic carbocycles. The predicted octanol–water partition coefficient (Wildman–Crippen LogP) is 2.07. The molecule has 1 saturated heterocycles. The van der Waals surface area contributed by atoms with Gasteiger partial charge < -0.3 is 19.3 Å². The van der Waals surface area contributed by atoms with E-state index in [4.69, 9.17) is 4.42 Å². The molecule has 7 heteroatoms. The van der Waals surface area contributed by atoms with E-state index in [1.807, 2.05) is 0 Å². The van der Waals surface area contributed by atoms with Crippen LogP contribution in [0.5, 0.6) is 0 Å². The molecule has 0 bridgehead atoms. The lowest BCUT2D eigenvalue weighted by Gasteiger charge is -2.25. The third-order valence-corrected chi connectivity index (χ3v) is 5.39. The van der Waals surface area contributed by atoms with Crippen molar-refractivity contribution in [3.63, 3.8) is 0 Å². The summed E-state index contributed by atoms with van der Waals surface area (Å²) in [5.74, 6) is -1.16. The van der Waals surface area contributed by atoms with Gasteiger partial charge in [0.1, 0.15) is 29.1 Å². The number of nitrogens with zero attached hydrogens (tertiary/aromatic N) is 1. The van der Waals surface area contributed by atoms with Gasteiger partial charge in [0.15, 0.2) is 0 Å². The van der Waals surface area contributed by atoms with Gasteiger partial charge in [-0.3, -0.25) is 9.59 Å². The molecule has 29 heavy (non-hydrogen) atoms. The number of likely N-dealkylation sites (N-methyl/N-ethyl adjacent to an activating group) is 1. The fourth-order valence-corrected chi connectivity index (χ4v) is 3.65. The summed E-state index contributed by atoms with van der Waals surface area (Å²) in [6.45, 7) is 8.74. The van der Waals surface area contributed by atoms with Crippen LogP contribution in [0.4, 0.5) is 4.39 Å². The number of ketones is 1. The number of quaternary nitrogens is 1. The van der Waals surface area contributed by atoms with Crippen LogP contribution < -0.4 is 4.90 Å². The number of rotatable bonds is 7. The van der Waals surface area contributed by atoms with E-state index in [1.54, 1.807) is 19.1 Å². The summed E-state index contributed by atoms with van der Waals surface area (Å²) in [6, 6.07) is 7.79. The van der Waals surface area contributed by atoms with E-state index in [9.17, 15) is 19.1 Å². The third-order valence-electron chi connectivity index (χ3n) is 5.39. The molecule has 0 saturated carbocycles. The summed E-state index contributed by atoms with van der Waals surface area (Å²) in [7, 11) is 0. The van der Waals surface area contributed by atoms with Crippen LogP contribution >= 0.6 is 0 Å². The van der Waals surface area contributed by atoms with Crippen LogP contribution in [0.3, 0.4) is 0 Å². The minimum absolute atomic E-state index is 0.0366. The van der Waals surface area contributed by atoms with Crippen molar-refractivity contribution in [2.75, 3.05) is 26.2 Å². The standard InChI is InChI=1S/C22H25FN2O4/c1-4-24(5-2)12-13-25-19(17-11-6-14(3)29-17)18(21(27)22(25)28)20(26)15-7-9-16(23)10-8-15/h6-11,19,26H,4-5,12-13H2,1-3H3/p+1/t19-/m0/s1. The van der Waals surface area contributed by atoms with Gasteiger partial charge in [0.25, 0.3) is 11.7 Å². The molecule has 1 aliphatic rings. The normalized spacial score (nSPS) is 18.8. The Hall–Kier alpha value is -2.93. The average Bonchev–Trinajstić information content (AvgIpc) is 3.24. The molecule has 1 aromatic heterocycles. The van der Waals surface area contributed by atoms with E-state index in [0.29, 0.717) is 24.6 Å². The summed E-state index contributed by atoms with van der Waals surface area (Å²) in [5, 5.41) is 10.8. The Bertz CT molecular complexity index is 929. The van der Waals surface area contributed by atoms with Crippen LogP contribution in [0.2, 0.25) is 0 Å². The van der Waals surface area contributed by atoms with Gasteiger partial charge in [-0.15, -0.1) is 0 Å². The number of likely N-dealkylation sites (tertiary alicyclic amines) is 1. The van der Waals surface area contributed by atoms with Crippen molar-refractivity contribution >= 4 is 17.4 Å². The van der Waals surface area contributed by atoms with Crippen molar-refractivity contribution in [1.29, 1.82) is 0 Å². The molecule has 2 N–H and O–H groups in total. The lowest BCUT2D eigenvalue weighted by atomic mass is 9.99. The number of carbonyl (C=O) groups excluding carboxylic acids is 2. The zero-order valence-corrected chi connectivity index (χ0v) is 16.9. The van der Waals surface area contributed by atoms with Gasteiger partial charge in [-0.2, -0.15) is 0 Å². The number of aliphatic hydroxyl groups excluding tert-OH is 1. The van der Waals surface area contributed by atoms with Crippen LogP contribution in [0.25, 0.3) is 5.76 Å². The van der Waals surface area contributed by atoms with Crippen molar-refractivity contribution in [1.82, 2.24) is 4.90 Å². The Morgan fingerprint density at radius 2 is 1.79 bits per heavy atom. The molecule has 0 spiro atoms. The Morgan fingerprint density at radius 1 is 1.14 bits per heavy atom. The van der Waals surface area contributed by atoms with Crippen LogP contribution in [0.15, 0.2) is 46.4 Å². The highest BCUT2D eigenvalue weighted by Gasteiger charge is 2.47. The predicted molar refractivity (Wildman–Crippen MR) is 106 cm³/mol. The number of benzene rings is 1. The Morgan fingerprint density at radius 3 is 2.34 bits per heavy atom. The topological polar surface area (TPSA) is 75.2 Å². The Balaban J connectivity index is 2.06. The van der Waals surface area contributed by atoms with Crippen molar-refractivity contribution in [3.8, 4) is 0 Å². The lowest BCUT2D eigenvalue weighted by Crippen LogP contribution is -3.12. The summed E-state index contributed by atoms with van der Waals surface area (Å²) in [5.41, 5.74) is 0.234. The first kappa shape index (κ1) is 20.8. The molecule has 154 valence electrons. The van der Waals surface area contributed by atoms with E-state index in [2.05, 4.69) is 13.8 Å². The van der Waals surface area contributed by atoms with Crippen LogP contribution in [-0.2, 0) is 9.59 Å². The van der Waals surface area contributed by atoms with Gasteiger partial charge in [-0.25, -0.2) is 4.39 Å². The Labute approximate surface area is 169 Å². The van der Waals surface area contributed by atoms with Gasteiger partial charge in [0.05, 0.1) is 31.8 Å². The first-order chi connectivity index (χ1) is 13.9. The molecule has 1 fully saturated rings. The summed E-state index contributed by atoms with van der Waals surface area (Å²) in [4.78, 5) is 28.4. The first-order valence-electron chi connectivity index (χ1n) is 9.81. The zero-order chi connectivity index (χ0) is 21.1. The average molecular weight is 401 g/mol. The molecular formula is C22H26FN2O4+. The van der Waals surface area contributed by atoms with Gasteiger partial charge >= 0.3 is 0 Å². The zero-order valence-electron chi connectivity index (χ0n) is 16.9. The minimum atomic E-state index is -0.816. The Kier molecular flexibility index (Phi) is 6.17. The quantitative estimate of drug-likeness (QED) is 0.423. The van der Waals surface area contributed by atoms with Crippen molar-refractivity contribution in [2.24, 2.45) is 0 Å². The number of nitrogens with one attached hydrogen (secondary N) is 1. The second-order valence-corrected chi connectivity index (χ2v) is 7.15. The molecule has 0 radical (unpaired) electrons. The van der Waals surface area contributed by atoms with Crippen LogP contribution in [0, 0.1) is 12.7 Å². The number of Topliss-reactive ketones (excluding diaryl/α,β-unsaturated/α-hetero) is 1. The fraction of sp³-hybridized carbons (Fsp3) is 0.364. The highest BCUT2D eigenvalue weighted by atomic mass is 19.1. The van der Waals surface area contributed by atoms with Gasteiger partial charge in [-0.1, -0.05) is 0 Å². The summed E-state index contributed by atoms with van der Waals surface area (Å²) >= 11 is 0. The maximum atomic E-state index is 13.3. The van der Waals surface area contributed by atoms with Crippen LogP contribution in [-0.4, -0.2) is 47.9 Å². The van der Waals surface area contributed by atoms with Crippen molar-refractivity contribution in [3.05, 3.63) is 64.9 Å². The van der Waals surface area contributed by atoms with Crippen molar-refractivity contribution in [2.45, 2.75) is 26.8 Å². The SMILES string of the molecule is CC[NH+](CC)CCN1C(=O)C(=O)C(=C(O)c2ccc(F)cc2)[C@@H]1c1ccc(C)o1. The lowest BCUT2D eigenvalue weighted by molar-refractivity contribution is -0.895. The van der Waals surface area contributed by atoms with Gasteiger partial charge in [0.2, 0.25) is 0 Å². The third kappa shape index (κ3) is 4.10. The number of aliphatic hydroxyl groups is 1. The molecule has 1 aliphatic heterocycles. The molecule has 2 aromatic rings. The smallest absolute Gasteiger partial charge is 0.295 e. The van der Waals surface area contributed by atoms with Crippen molar-refractivity contribution < 1.29 is 28.4 Å². The maximum absolute atomic E-state index is 13.3. The van der Waals surface area contributed by atoms with E-state index in [1.165, 1.54) is 34.1 Å². The monoisotopic (exact) mass is 401 g/mol. The molecule has 0 unspecified atom stereocenters. The minimum Gasteiger partial charge on any atom is -0.507 e. The second kappa shape index (κ2) is 8.61. The molecule has 6 nitrogen and oxygen atoms in total. The molecular weight excluding hydrogens is 375 g/mol. The first-order valence-corrected chi connectivity index (χ1v) is 9.81. The number of carbonyl (C=O) groups is 2. The molecule has 1 aromatic carbocycles.